The fourth-order valence-electron chi connectivity index (χ4n) is 2.73. The number of hydrogen-bond donors (Lipinski definition) is 1. The molecule has 1 amide bonds. The zero-order valence-corrected chi connectivity index (χ0v) is 9.18. The van der Waals surface area contributed by atoms with Crippen LogP contribution >= 0.6 is 0 Å². The molecule has 3 nitrogen and oxygen atoms in total. The van der Waals surface area contributed by atoms with E-state index in [0.717, 1.165) is 6.67 Å². The van der Waals surface area contributed by atoms with Gasteiger partial charge in [0, 0.05) is 6.04 Å². The molecule has 1 aliphatic carbocycles. The maximum absolute atomic E-state index is 11.5. The topological polar surface area (TPSA) is 32.3 Å². The second-order valence-electron chi connectivity index (χ2n) is 5.36. The SMILES string of the molecule is CC1(C)CCCC(N2CNCC2=O)C1. The minimum absolute atomic E-state index is 0.285. The Morgan fingerprint density at radius 1 is 1.50 bits per heavy atom. The molecule has 1 saturated carbocycles. The Bertz CT molecular complexity index is 237. The van der Waals surface area contributed by atoms with Gasteiger partial charge in [0.2, 0.25) is 5.91 Å². The highest BCUT2D eigenvalue weighted by Gasteiger charge is 2.34. The molecule has 0 radical (unpaired) electrons. The van der Waals surface area contributed by atoms with E-state index in [1.54, 1.807) is 0 Å². The predicted octanol–water partition coefficient (Wildman–Crippen LogP) is 1.34. The molecule has 1 aliphatic heterocycles. The van der Waals surface area contributed by atoms with Gasteiger partial charge in [0.05, 0.1) is 13.2 Å². The number of nitrogens with zero attached hydrogens (tertiary/aromatic N) is 1. The third kappa shape index (κ3) is 1.92. The summed E-state index contributed by atoms with van der Waals surface area (Å²) in [5.41, 5.74) is 0.422. The smallest absolute Gasteiger partial charge is 0.237 e. The summed E-state index contributed by atoms with van der Waals surface area (Å²) < 4.78 is 0. The van der Waals surface area contributed by atoms with Crippen LogP contribution in [0.3, 0.4) is 0 Å². The number of hydrogen-bond acceptors (Lipinski definition) is 2. The van der Waals surface area contributed by atoms with Crippen LogP contribution in [0.1, 0.15) is 39.5 Å². The molecule has 3 heteroatoms. The van der Waals surface area contributed by atoms with Crippen LogP contribution in [-0.2, 0) is 4.79 Å². The average Bonchev–Trinajstić information content (AvgIpc) is 2.49. The van der Waals surface area contributed by atoms with Gasteiger partial charge in [0.25, 0.3) is 0 Å². The van der Waals surface area contributed by atoms with Gasteiger partial charge in [0.1, 0.15) is 0 Å². The third-order valence-electron chi connectivity index (χ3n) is 3.50. The van der Waals surface area contributed by atoms with Crippen molar-refractivity contribution in [2.24, 2.45) is 5.41 Å². The van der Waals surface area contributed by atoms with Crippen LogP contribution in [-0.4, -0.2) is 30.1 Å². The zero-order chi connectivity index (χ0) is 10.2. The largest absolute Gasteiger partial charge is 0.326 e. The van der Waals surface area contributed by atoms with Gasteiger partial charge >= 0.3 is 0 Å². The summed E-state index contributed by atoms with van der Waals surface area (Å²) in [5, 5.41) is 3.12. The van der Waals surface area contributed by atoms with E-state index < -0.39 is 0 Å². The van der Waals surface area contributed by atoms with Crippen molar-refractivity contribution in [2.75, 3.05) is 13.2 Å². The summed E-state index contributed by atoms with van der Waals surface area (Å²) >= 11 is 0. The molecule has 1 heterocycles. The lowest BCUT2D eigenvalue weighted by Gasteiger charge is -2.39. The summed E-state index contributed by atoms with van der Waals surface area (Å²) in [5.74, 6) is 0.285. The average molecular weight is 196 g/mol. The molecule has 2 aliphatic rings. The Hall–Kier alpha value is -0.570. The molecule has 2 rings (SSSR count). The highest BCUT2D eigenvalue weighted by Crippen LogP contribution is 2.37. The first-order valence-corrected chi connectivity index (χ1v) is 5.59. The van der Waals surface area contributed by atoms with Crippen molar-refractivity contribution in [1.29, 1.82) is 0 Å². The van der Waals surface area contributed by atoms with Crippen molar-refractivity contribution in [2.45, 2.75) is 45.6 Å². The van der Waals surface area contributed by atoms with E-state index in [0.29, 0.717) is 18.0 Å². The highest BCUT2D eigenvalue weighted by atomic mass is 16.2. The van der Waals surface area contributed by atoms with Gasteiger partial charge in [-0.05, 0) is 24.7 Å². The van der Waals surface area contributed by atoms with Crippen LogP contribution in [0.5, 0.6) is 0 Å². The molecule has 1 unspecified atom stereocenters. The zero-order valence-electron chi connectivity index (χ0n) is 9.18. The van der Waals surface area contributed by atoms with Crippen molar-refractivity contribution in [1.82, 2.24) is 10.2 Å². The highest BCUT2D eigenvalue weighted by molar-refractivity contribution is 5.80. The lowest BCUT2D eigenvalue weighted by Crippen LogP contribution is -2.42. The lowest BCUT2D eigenvalue weighted by molar-refractivity contribution is -0.129. The summed E-state index contributed by atoms with van der Waals surface area (Å²) in [6.07, 6.45) is 4.93. The molecule has 0 spiro atoms. The molecule has 2 fully saturated rings. The van der Waals surface area contributed by atoms with E-state index in [9.17, 15) is 4.79 Å². The van der Waals surface area contributed by atoms with Gasteiger partial charge < -0.3 is 4.90 Å². The molecule has 1 atom stereocenters. The molecule has 14 heavy (non-hydrogen) atoms. The van der Waals surface area contributed by atoms with Crippen molar-refractivity contribution in [3.05, 3.63) is 0 Å². The van der Waals surface area contributed by atoms with E-state index in [4.69, 9.17) is 0 Å². The fourth-order valence-corrected chi connectivity index (χ4v) is 2.73. The minimum atomic E-state index is 0.285. The van der Waals surface area contributed by atoms with Crippen LogP contribution in [0.25, 0.3) is 0 Å². The Morgan fingerprint density at radius 3 is 2.86 bits per heavy atom. The van der Waals surface area contributed by atoms with E-state index in [1.165, 1.54) is 25.7 Å². The van der Waals surface area contributed by atoms with E-state index in [2.05, 4.69) is 19.2 Å². The number of rotatable bonds is 1. The fraction of sp³-hybridized carbons (Fsp3) is 0.909. The number of carbonyl (C=O) groups excluding carboxylic acids is 1. The summed E-state index contributed by atoms with van der Waals surface area (Å²) in [6, 6.07) is 0.487. The van der Waals surface area contributed by atoms with Gasteiger partial charge in [-0.25, -0.2) is 0 Å². The van der Waals surface area contributed by atoms with Gasteiger partial charge in [0.15, 0.2) is 0 Å². The Morgan fingerprint density at radius 2 is 2.29 bits per heavy atom. The summed E-state index contributed by atoms with van der Waals surface area (Å²) in [6.45, 7) is 5.93. The van der Waals surface area contributed by atoms with Gasteiger partial charge in [-0.1, -0.05) is 20.3 Å². The maximum Gasteiger partial charge on any atom is 0.237 e. The molecule has 80 valence electrons. The standard InChI is InChI=1S/C11H20N2O/c1-11(2)5-3-4-9(6-11)13-8-12-7-10(13)14/h9,12H,3-8H2,1-2H3. The molecule has 0 bridgehead atoms. The molecular weight excluding hydrogens is 176 g/mol. The Labute approximate surface area is 85.8 Å². The first kappa shape index (κ1) is 9.97. The number of nitrogens with one attached hydrogen (secondary N) is 1. The monoisotopic (exact) mass is 196 g/mol. The van der Waals surface area contributed by atoms with Gasteiger partial charge in [-0.2, -0.15) is 0 Å². The van der Waals surface area contributed by atoms with Gasteiger partial charge in [-0.15, -0.1) is 0 Å². The van der Waals surface area contributed by atoms with Crippen molar-refractivity contribution in [3.63, 3.8) is 0 Å². The molecule has 0 aromatic carbocycles. The first-order chi connectivity index (χ1) is 6.58. The molecular formula is C11H20N2O. The maximum atomic E-state index is 11.5. The molecule has 0 aromatic heterocycles. The summed E-state index contributed by atoms with van der Waals surface area (Å²) in [4.78, 5) is 13.6. The predicted molar refractivity (Wildman–Crippen MR) is 55.8 cm³/mol. The third-order valence-corrected chi connectivity index (χ3v) is 3.50. The van der Waals surface area contributed by atoms with Crippen LogP contribution < -0.4 is 5.32 Å². The molecule has 0 aromatic rings. The lowest BCUT2D eigenvalue weighted by atomic mass is 9.75. The minimum Gasteiger partial charge on any atom is -0.326 e. The first-order valence-electron chi connectivity index (χ1n) is 5.59. The quantitative estimate of drug-likeness (QED) is 0.686. The van der Waals surface area contributed by atoms with Crippen LogP contribution in [0.15, 0.2) is 0 Å². The normalized spacial score (nSPS) is 32.3. The number of amides is 1. The van der Waals surface area contributed by atoms with Crippen LogP contribution in [0, 0.1) is 5.41 Å². The number of carbonyl (C=O) groups is 1. The van der Waals surface area contributed by atoms with E-state index in [1.807, 2.05) is 4.90 Å². The second-order valence-corrected chi connectivity index (χ2v) is 5.36. The van der Waals surface area contributed by atoms with E-state index >= 15 is 0 Å². The molecule has 1 N–H and O–H groups in total. The second kappa shape index (κ2) is 3.54. The van der Waals surface area contributed by atoms with Crippen molar-refractivity contribution >= 4 is 5.91 Å². The van der Waals surface area contributed by atoms with Crippen LogP contribution in [0.4, 0.5) is 0 Å². The van der Waals surface area contributed by atoms with E-state index in [-0.39, 0.29) is 5.91 Å². The van der Waals surface area contributed by atoms with Crippen molar-refractivity contribution in [3.8, 4) is 0 Å². The van der Waals surface area contributed by atoms with Crippen molar-refractivity contribution < 1.29 is 4.79 Å². The Balaban J connectivity index is 2.00. The molecule has 1 saturated heterocycles. The van der Waals surface area contributed by atoms with Gasteiger partial charge in [-0.3, -0.25) is 10.1 Å². The van der Waals surface area contributed by atoms with Crippen LogP contribution in [0.2, 0.25) is 0 Å². The summed E-state index contributed by atoms with van der Waals surface area (Å²) in [7, 11) is 0. The Kier molecular flexibility index (Phi) is 2.52.